The molecule has 0 aromatic heterocycles. The summed E-state index contributed by atoms with van der Waals surface area (Å²) in [6.45, 7) is 1.99. The number of sulfonamides is 1. The number of anilines is 1. The van der Waals surface area contributed by atoms with Gasteiger partial charge in [0.05, 0.1) is 24.8 Å². The Labute approximate surface area is 170 Å². The highest BCUT2D eigenvalue weighted by molar-refractivity contribution is 7.92. The third kappa shape index (κ3) is 5.60. The van der Waals surface area contributed by atoms with E-state index in [9.17, 15) is 17.6 Å². The summed E-state index contributed by atoms with van der Waals surface area (Å²) in [7, 11) is -1.30. The van der Waals surface area contributed by atoms with Crippen LogP contribution in [0, 0.1) is 5.82 Å². The van der Waals surface area contributed by atoms with E-state index in [0.29, 0.717) is 12.3 Å². The van der Waals surface area contributed by atoms with E-state index in [2.05, 4.69) is 5.32 Å². The summed E-state index contributed by atoms with van der Waals surface area (Å²) in [5.41, 5.74) is 0.173. The van der Waals surface area contributed by atoms with Gasteiger partial charge < -0.3 is 14.8 Å². The van der Waals surface area contributed by atoms with Crippen molar-refractivity contribution in [2.45, 2.75) is 24.7 Å². The van der Waals surface area contributed by atoms with Crippen molar-refractivity contribution in [1.82, 2.24) is 5.32 Å². The summed E-state index contributed by atoms with van der Waals surface area (Å²) < 4.78 is 51.2. The highest BCUT2D eigenvalue weighted by atomic mass is 32.2. The van der Waals surface area contributed by atoms with Gasteiger partial charge in [-0.1, -0.05) is 13.3 Å². The molecule has 2 aromatic rings. The van der Waals surface area contributed by atoms with Gasteiger partial charge in [-0.15, -0.1) is 0 Å². The SMILES string of the molecule is CCCCNC(=O)CN(c1ccc(F)cc1)S(=O)(=O)c1ccc(OC)c(OC)c1. The molecule has 0 radical (unpaired) electrons. The van der Waals surface area contributed by atoms with Crippen LogP contribution in [0.25, 0.3) is 0 Å². The van der Waals surface area contributed by atoms with Gasteiger partial charge in [0.15, 0.2) is 11.5 Å². The fraction of sp³-hybridized carbons (Fsp3) is 0.350. The number of hydrogen-bond donors (Lipinski definition) is 1. The number of carbonyl (C=O) groups excluding carboxylic acids is 1. The highest BCUT2D eigenvalue weighted by Gasteiger charge is 2.28. The van der Waals surface area contributed by atoms with Crippen molar-refractivity contribution in [2.75, 3.05) is 31.6 Å². The second kappa shape index (κ2) is 10.1. The molecule has 0 bridgehead atoms. The Kier molecular flexibility index (Phi) is 7.83. The van der Waals surface area contributed by atoms with E-state index >= 15 is 0 Å². The van der Waals surface area contributed by atoms with Gasteiger partial charge in [0.2, 0.25) is 5.91 Å². The molecule has 9 heteroatoms. The molecule has 1 amide bonds. The van der Waals surface area contributed by atoms with Crippen molar-refractivity contribution in [3.63, 3.8) is 0 Å². The van der Waals surface area contributed by atoms with Crippen LogP contribution in [0.1, 0.15) is 19.8 Å². The average molecular weight is 424 g/mol. The molecule has 0 saturated heterocycles. The Morgan fingerprint density at radius 3 is 2.31 bits per heavy atom. The third-order valence-electron chi connectivity index (χ3n) is 4.20. The van der Waals surface area contributed by atoms with E-state index in [4.69, 9.17) is 9.47 Å². The zero-order valence-electron chi connectivity index (χ0n) is 16.6. The van der Waals surface area contributed by atoms with E-state index in [-0.39, 0.29) is 16.3 Å². The van der Waals surface area contributed by atoms with E-state index in [1.54, 1.807) is 0 Å². The number of amides is 1. The first-order valence-corrected chi connectivity index (χ1v) is 10.5. The van der Waals surface area contributed by atoms with Crippen molar-refractivity contribution in [3.05, 3.63) is 48.3 Å². The number of unbranched alkanes of at least 4 members (excludes halogenated alkanes) is 1. The molecule has 0 spiro atoms. The summed E-state index contributed by atoms with van der Waals surface area (Å²) in [4.78, 5) is 12.3. The van der Waals surface area contributed by atoms with Crippen LogP contribution in [-0.2, 0) is 14.8 Å². The lowest BCUT2D eigenvalue weighted by Gasteiger charge is -2.24. The maximum absolute atomic E-state index is 13.3. The first kappa shape index (κ1) is 22.5. The lowest BCUT2D eigenvalue weighted by atomic mass is 10.3. The number of halogens is 1. The van der Waals surface area contributed by atoms with Crippen molar-refractivity contribution in [3.8, 4) is 11.5 Å². The van der Waals surface area contributed by atoms with Gasteiger partial charge in [-0.3, -0.25) is 9.10 Å². The molecule has 0 fully saturated rings. The summed E-state index contributed by atoms with van der Waals surface area (Å²) in [5, 5.41) is 2.70. The molecule has 0 saturated carbocycles. The number of ether oxygens (including phenoxy) is 2. The first-order chi connectivity index (χ1) is 13.8. The molecule has 0 unspecified atom stereocenters. The van der Waals surface area contributed by atoms with Gasteiger partial charge in [0.25, 0.3) is 10.0 Å². The van der Waals surface area contributed by atoms with Crippen LogP contribution in [-0.4, -0.2) is 41.6 Å². The second-order valence-corrected chi connectivity index (χ2v) is 8.07. The predicted molar refractivity (Wildman–Crippen MR) is 108 cm³/mol. The van der Waals surface area contributed by atoms with Crippen LogP contribution in [0.2, 0.25) is 0 Å². The lowest BCUT2D eigenvalue weighted by molar-refractivity contribution is -0.119. The van der Waals surface area contributed by atoms with Crippen molar-refractivity contribution in [1.29, 1.82) is 0 Å². The zero-order valence-corrected chi connectivity index (χ0v) is 17.5. The van der Waals surface area contributed by atoms with Crippen LogP contribution < -0.4 is 19.1 Å². The van der Waals surface area contributed by atoms with Crippen LogP contribution in [0.15, 0.2) is 47.4 Å². The summed E-state index contributed by atoms with van der Waals surface area (Å²) >= 11 is 0. The predicted octanol–water partition coefficient (Wildman–Crippen LogP) is 2.95. The Bertz CT molecular complexity index is 932. The maximum Gasteiger partial charge on any atom is 0.264 e. The minimum absolute atomic E-state index is 0.0826. The number of nitrogens with one attached hydrogen (secondary N) is 1. The van der Waals surface area contributed by atoms with E-state index in [0.717, 1.165) is 29.3 Å². The summed E-state index contributed by atoms with van der Waals surface area (Å²) in [5.74, 6) is -0.353. The number of rotatable bonds is 10. The highest BCUT2D eigenvalue weighted by Crippen LogP contribution is 2.32. The normalized spacial score (nSPS) is 11.0. The Morgan fingerprint density at radius 2 is 1.72 bits per heavy atom. The molecule has 7 nitrogen and oxygen atoms in total. The van der Waals surface area contributed by atoms with Crippen LogP contribution in [0.5, 0.6) is 11.5 Å². The number of hydrogen-bond acceptors (Lipinski definition) is 5. The van der Waals surface area contributed by atoms with Crippen LogP contribution in [0.4, 0.5) is 10.1 Å². The smallest absolute Gasteiger partial charge is 0.264 e. The quantitative estimate of drug-likeness (QED) is 0.593. The van der Waals surface area contributed by atoms with Crippen molar-refractivity contribution in [2.24, 2.45) is 0 Å². The Balaban J connectivity index is 2.43. The molecule has 29 heavy (non-hydrogen) atoms. The molecule has 0 aliphatic rings. The van der Waals surface area contributed by atoms with Gasteiger partial charge in [0.1, 0.15) is 12.4 Å². The van der Waals surface area contributed by atoms with E-state index in [1.807, 2.05) is 6.92 Å². The van der Waals surface area contributed by atoms with E-state index in [1.165, 1.54) is 44.6 Å². The molecular weight excluding hydrogens is 399 g/mol. The monoisotopic (exact) mass is 424 g/mol. The molecule has 0 aliphatic carbocycles. The van der Waals surface area contributed by atoms with Gasteiger partial charge in [0, 0.05) is 12.6 Å². The lowest BCUT2D eigenvalue weighted by Crippen LogP contribution is -2.41. The van der Waals surface area contributed by atoms with Gasteiger partial charge in [-0.2, -0.15) is 0 Å². The van der Waals surface area contributed by atoms with Crippen LogP contribution >= 0.6 is 0 Å². The second-order valence-electron chi connectivity index (χ2n) is 6.21. The number of methoxy groups -OCH3 is 2. The maximum atomic E-state index is 13.3. The fourth-order valence-electron chi connectivity index (χ4n) is 2.62. The Hall–Kier alpha value is -2.81. The van der Waals surface area contributed by atoms with Gasteiger partial charge >= 0.3 is 0 Å². The molecule has 158 valence electrons. The zero-order chi connectivity index (χ0) is 21.4. The largest absolute Gasteiger partial charge is 0.493 e. The molecule has 2 rings (SSSR count). The summed E-state index contributed by atoms with van der Waals surface area (Å²) in [6, 6.07) is 9.06. The standard InChI is InChI=1S/C20H25FN2O5S/c1-4-5-12-22-20(24)14-23(16-8-6-15(21)7-9-16)29(25,26)17-10-11-18(27-2)19(13-17)28-3/h6-11,13H,4-5,12,14H2,1-3H3,(H,22,24). The summed E-state index contributed by atoms with van der Waals surface area (Å²) in [6.07, 6.45) is 1.68. The average Bonchev–Trinajstić information content (AvgIpc) is 2.72. The third-order valence-corrected chi connectivity index (χ3v) is 5.97. The minimum Gasteiger partial charge on any atom is -0.493 e. The molecular formula is C20H25FN2O5S. The molecule has 0 heterocycles. The van der Waals surface area contributed by atoms with Crippen molar-refractivity contribution < 1.29 is 27.1 Å². The molecule has 0 aliphatic heterocycles. The van der Waals surface area contributed by atoms with E-state index < -0.39 is 28.3 Å². The molecule has 1 N–H and O–H groups in total. The number of benzene rings is 2. The Morgan fingerprint density at radius 1 is 1.07 bits per heavy atom. The fourth-order valence-corrected chi connectivity index (χ4v) is 4.05. The molecule has 2 aromatic carbocycles. The van der Waals surface area contributed by atoms with Crippen LogP contribution in [0.3, 0.4) is 0 Å². The first-order valence-electron chi connectivity index (χ1n) is 9.10. The minimum atomic E-state index is -4.14. The number of carbonyl (C=O) groups is 1. The van der Waals surface area contributed by atoms with Gasteiger partial charge in [-0.05, 0) is 42.8 Å². The molecule has 0 atom stereocenters. The van der Waals surface area contributed by atoms with Crippen molar-refractivity contribution >= 4 is 21.6 Å². The number of nitrogens with zero attached hydrogens (tertiary/aromatic N) is 1. The topological polar surface area (TPSA) is 84.9 Å². The van der Waals surface area contributed by atoms with Gasteiger partial charge in [-0.25, -0.2) is 12.8 Å².